The molecule has 0 radical (unpaired) electrons. The van der Waals surface area contributed by atoms with Gasteiger partial charge in [-0.1, -0.05) is 17.7 Å². The summed E-state index contributed by atoms with van der Waals surface area (Å²) in [5, 5.41) is 9.27. The van der Waals surface area contributed by atoms with Crippen LogP contribution in [0.2, 0.25) is 0 Å². The molecule has 0 aliphatic heterocycles. The number of aliphatic imine (C=N–C) groups is 1. The van der Waals surface area contributed by atoms with Crippen molar-refractivity contribution in [3.8, 4) is 0 Å². The standard InChI is InChI=1S/C13H15NO2/c1-9-4-6-12(7-5-9)14-8-13(10(2)15)11(3)16/h4-8,15H,1-3H3/b13-10-,14-8?. The molecule has 1 N–H and O–H groups in total. The number of benzene rings is 1. The highest BCUT2D eigenvalue weighted by Crippen LogP contribution is 2.12. The van der Waals surface area contributed by atoms with Gasteiger partial charge in [0, 0.05) is 6.21 Å². The molecule has 1 aromatic rings. The Hall–Kier alpha value is -1.90. The molecular formula is C13H15NO2. The molecule has 1 rings (SSSR count). The minimum atomic E-state index is -0.198. The van der Waals surface area contributed by atoms with Crippen LogP contribution < -0.4 is 0 Å². The molecule has 0 unspecified atom stereocenters. The van der Waals surface area contributed by atoms with Gasteiger partial charge in [-0.3, -0.25) is 9.79 Å². The Balaban J connectivity index is 2.92. The quantitative estimate of drug-likeness (QED) is 0.480. The van der Waals surface area contributed by atoms with Crippen LogP contribution in [0.1, 0.15) is 19.4 Å². The summed E-state index contributed by atoms with van der Waals surface area (Å²) >= 11 is 0. The molecule has 0 heterocycles. The van der Waals surface area contributed by atoms with E-state index < -0.39 is 0 Å². The second-order valence-corrected chi connectivity index (χ2v) is 3.65. The smallest absolute Gasteiger partial charge is 0.164 e. The highest BCUT2D eigenvalue weighted by molar-refractivity contribution is 6.12. The monoisotopic (exact) mass is 217 g/mol. The van der Waals surface area contributed by atoms with E-state index in [1.807, 2.05) is 31.2 Å². The van der Waals surface area contributed by atoms with Crippen molar-refractivity contribution < 1.29 is 9.90 Å². The lowest BCUT2D eigenvalue weighted by atomic mass is 10.2. The van der Waals surface area contributed by atoms with Crippen LogP contribution >= 0.6 is 0 Å². The Bertz CT molecular complexity index is 438. The van der Waals surface area contributed by atoms with E-state index in [4.69, 9.17) is 0 Å². The fourth-order valence-electron chi connectivity index (χ4n) is 1.21. The van der Waals surface area contributed by atoms with Crippen molar-refractivity contribution in [2.24, 2.45) is 4.99 Å². The van der Waals surface area contributed by atoms with E-state index in [1.165, 1.54) is 20.1 Å². The minimum Gasteiger partial charge on any atom is -0.512 e. The van der Waals surface area contributed by atoms with E-state index in [0.717, 1.165) is 11.3 Å². The first-order valence-electron chi connectivity index (χ1n) is 5.02. The Labute approximate surface area is 95.1 Å². The molecule has 0 amide bonds. The van der Waals surface area contributed by atoms with Gasteiger partial charge in [0.25, 0.3) is 0 Å². The number of aliphatic hydroxyl groups excluding tert-OH is 1. The summed E-state index contributed by atoms with van der Waals surface area (Å²) in [6.45, 7) is 4.86. The average Bonchev–Trinajstić information content (AvgIpc) is 2.20. The van der Waals surface area contributed by atoms with Crippen LogP contribution in [0, 0.1) is 6.92 Å². The Morgan fingerprint density at radius 3 is 2.25 bits per heavy atom. The molecule has 0 bridgehead atoms. The molecule has 3 nitrogen and oxygen atoms in total. The largest absolute Gasteiger partial charge is 0.512 e. The zero-order valence-electron chi connectivity index (χ0n) is 9.69. The van der Waals surface area contributed by atoms with Crippen molar-refractivity contribution in [2.45, 2.75) is 20.8 Å². The molecule has 0 saturated carbocycles. The molecule has 1 aromatic carbocycles. The maximum Gasteiger partial charge on any atom is 0.164 e. The van der Waals surface area contributed by atoms with Gasteiger partial charge in [-0.05, 0) is 32.9 Å². The molecule has 0 saturated heterocycles. The molecule has 16 heavy (non-hydrogen) atoms. The Morgan fingerprint density at radius 1 is 1.25 bits per heavy atom. The van der Waals surface area contributed by atoms with E-state index >= 15 is 0 Å². The minimum absolute atomic E-state index is 0.0108. The number of aryl methyl sites for hydroxylation is 1. The van der Waals surface area contributed by atoms with E-state index in [2.05, 4.69) is 4.99 Å². The van der Waals surface area contributed by atoms with Crippen molar-refractivity contribution in [3.05, 3.63) is 41.2 Å². The normalized spacial score (nSPS) is 12.7. The van der Waals surface area contributed by atoms with Crippen molar-refractivity contribution in [1.29, 1.82) is 0 Å². The number of nitrogens with zero attached hydrogens (tertiary/aromatic N) is 1. The average molecular weight is 217 g/mol. The summed E-state index contributed by atoms with van der Waals surface area (Å²) in [6.07, 6.45) is 1.39. The predicted molar refractivity (Wildman–Crippen MR) is 65.3 cm³/mol. The lowest BCUT2D eigenvalue weighted by molar-refractivity contribution is -0.113. The molecule has 0 fully saturated rings. The van der Waals surface area contributed by atoms with Crippen molar-refractivity contribution in [2.75, 3.05) is 0 Å². The van der Waals surface area contributed by atoms with E-state index in [9.17, 15) is 9.90 Å². The maximum absolute atomic E-state index is 11.2. The first-order valence-corrected chi connectivity index (χ1v) is 5.02. The third-order valence-corrected chi connectivity index (χ3v) is 2.15. The predicted octanol–water partition coefficient (Wildman–Crippen LogP) is 3.12. The van der Waals surface area contributed by atoms with Crippen LogP contribution in [0.4, 0.5) is 5.69 Å². The number of carbonyl (C=O) groups excluding carboxylic acids is 1. The summed E-state index contributed by atoms with van der Waals surface area (Å²) in [7, 11) is 0. The van der Waals surface area contributed by atoms with Gasteiger partial charge in [-0.25, -0.2) is 0 Å². The number of aliphatic hydroxyl groups is 1. The number of rotatable bonds is 3. The topological polar surface area (TPSA) is 49.7 Å². The van der Waals surface area contributed by atoms with E-state index in [1.54, 1.807) is 0 Å². The van der Waals surface area contributed by atoms with Crippen LogP contribution in [-0.2, 0) is 4.79 Å². The van der Waals surface area contributed by atoms with Gasteiger partial charge in [0.05, 0.1) is 11.3 Å². The van der Waals surface area contributed by atoms with Crippen LogP contribution in [0.15, 0.2) is 40.6 Å². The third kappa shape index (κ3) is 3.35. The third-order valence-electron chi connectivity index (χ3n) is 2.15. The fraction of sp³-hybridized carbons (Fsp3) is 0.231. The van der Waals surface area contributed by atoms with Gasteiger partial charge in [-0.15, -0.1) is 0 Å². The van der Waals surface area contributed by atoms with Crippen molar-refractivity contribution >= 4 is 17.7 Å². The number of Topliss-reactive ketones (excluding diaryl/α,β-unsaturated/α-hetero) is 1. The number of ketones is 1. The highest BCUT2D eigenvalue weighted by atomic mass is 16.3. The van der Waals surface area contributed by atoms with Gasteiger partial charge in [-0.2, -0.15) is 0 Å². The second kappa shape index (κ2) is 5.26. The zero-order valence-corrected chi connectivity index (χ0v) is 9.69. The van der Waals surface area contributed by atoms with E-state index in [-0.39, 0.29) is 17.1 Å². The van der Waals surface area contributed by atoms with Gasteiger partial charge >= 0.3 is 0 Å². The lowest BCUT2D eigenvalue weighted by Crippen LogP contribution is -2.01. The van der Waals surface area contributed by atoms with Gasteiger partial charge in [0.15, 0.2) is 5.78 Å². The van der Waals surface area contributed by atoms with Gasteiger partial charge in [0.2, 0.25) is 0 Å². The number of hydrogen-bond donors (Lipinski definition) is 1. The second-order valence-electron chi connectivity index (χ2n) is 3.65. The summed E-state index contributed by atoms with van der Waals surface area (Å²) in [5.74, 6) is -0.209. The first kappa shape index (κ1) is 12.2. The van der Waals surface area contributed by atoms with Gasteiger partial charge in [0.1, 0.15) is 5.76 Å². The summed E-state index contributed by atoms with van der Waals surface area (Å²) in [5.41, 5.74) is 2.14. The molecule has 0 aliphatic carbocycles. The van der Waals surface area contributed by atoms with Crippen LogP contribution in [0.3, 0.4) is 0 Å². The maximum atomic E-state index is 11.2. The molecule has 0 aromatic heterocycles. The highest BCUT2D eigenvalue weighted by Gasteiger charge is 2.04. The van der Waals surface area contributed by atoms with Crippen LogP contribution in [0.5, 0.6) is 0 Å². The van der Waals surface area contributed by atoms with Crippen molar-refractivity contribution in [1.82, 2.24) is 0 Å². The van der Waals surface area contributed by atoms with Gasteiger partial charge < -0.3 is 5.11 Å². The molecule has 0 aliphatic rings. The number of allylic oxidation sites excluding steroid dienone is 2. The summed E-state index contributed by atoms with van der Waals surface area (Å²) in [6, 6.07) is 7.60. The SMILES string of the molecule is CC(=O)/C(C=Nc1ccc(C)cc1)=C(/C)O. The van der Waals surface area contributed by atoms with Crippen LogP contribution in [0.25, 0.3) is 0 Å². The summed E-state index contributed by atoms with van der Waals surface area (Å²) < 4.78 is 0. The van der Waals surface area contributed by atoms with Crippen molar-refractivity contribution in [3.63, 3.8) is 0 Å². The molecule has 0 spiro atoms. The zero-order chi connectivity index (χ0) is 12.1. The number of hydrogen-bond acceptors (Lipinski definition) is 3. The first-order chi connectivity index (χ1) is 7.50. The van der Waals surface area contributed by atoms with E-state index in [0.29, 0.717) is 0 Å². The Kier molecular flexibility index (Phi) is 4.00. The lowest BCUT2D eigenvalue weighted by Gasteiger charge is -1.98. The molecular weight excluding hydrogens is 202 g/mol. The molecule has 0 atom stereocenters. The fourth-order valence-corrected chi connectivity index (χ4v) is 1.21. The summed E-state index contributed by atoms with van der Waals surface area (Å²) in [4.78, 5) is 15.3. The molecule has 84 valence electrons. The molecule has 3 heteroatoms. The van der Waals surface area contributed by atoms with Crippen LogP contribution in [-0.4, -0.2) is 17.1 Å². The number of carbonyl (C=O) groups is 1. The Morgan fingerprint density at radius 2 is 1.81 bits per heavy atom.